The molecule has 0 radical (unpaired) electrons. The van der Waals surface area contributed by atoms with E-state index in [1.165, 1.54) is 23.1 Å². The van der Waals surface area contributed by atoms with Crippen LogP contribution >= 0.6 is 23.1 Å². The Morgan fingerprint density at radius 1 is 1.17 bits per heavy atom. The summed E-state index contributed by atoms with van der Waals surface area (Å²) in [7, 11) is 1.59. The molecule has 0 atom stereocenters. The molecule has 0 bridgehead atoms. The van der Waals surface area contributed by atoms with Gasteiger partial charge in [-0.15, -0.1) is 10.2 Å². The summed E-state index contributed by atoms with van der Waals surface area (Å²) in [5.74, 6) is 0.720. The van der Waals surface area contributed by atoms with Crippen LogP contribution in [0.2, 0.25) is 0 Å². The molecule has 1 heterocycles. The minimum absolute atomic E-state index is 0.0811. The van der Waals surface area contributed by atoms with Crippen molar-refractivity contribution in [2.75, 3.05) is 23.5 Å². The van der Waals surface area contributed by atoms with Gasteiger partial charge in [-0.3, -0.25) is 9.59 Å². The number of carbonyl (C=O) groups is 2. The normalized spacial score (nSPS) is 10.2. The van der Waals surface area contributed by atoms with Crippen LogP contribution in [0.15, 0.2) is 28.6 Å². The standard InChI is InChI=1S/C15H18N4O3S2/c1-3-4-12(20)17-14-18-19-15(24-14)23-9-13(21)16-10-5-7-11(22-2)8-6-10/h5-8H,3-4,9H2,1-2H3,(H,16,21)(H,17,18,20). The molecule has 2 N–H and O–H groups in total. The van der Waals surface area contributed by atoms with Crippen molar-refractivity contribution in [1.29, 1.82) is 0 Å². The van der Waals surface area contributed by atoms with Crippen LogP contribution in [-0.2, 0) is 9.59 Å². The number of rotatable bonds is 8. The van der Waals surface area contributed by atoms with Crippen LogP contribution in [-0.4, -0.2) is 34.9 Å². The van der Waals surface area contributed by atoms with E-state index in [4.69, 9.17) is 4.74 Å². The molecule has 0 aliphatic carbocycles. The fourth-order valence-corrected chi connectivity index (χ4v) is 3.29. The predicted molar refractivity (Wildman–Crippen MR) is 95.8 cm³/mol. The third-order valence-electron chi connectivity index (χ3n) is 2.83. The highest BCUT2D eigenvalue weighted by molar-refractivity contribution is 8.01. The minimum atomic E-state index is -0.142. The monoisotopic (exact) mass is 366 g/mol. The molecule has 9 heteroatoms. The lowest BCUT2D eigenvalue weighted by Gasteiger charge is -2.05. The second-order valence-corrected chi connectivity index (χ2v) is 6.94. The average Bonchev–Trinajstić information content (AvgIpc) is 3.01. The summed E-state index contributed by atoms with van der Waals surface area (Å²) < 4.78 is 5.70. The van der Waals surface area contributed by atoms with Crippen molar-refractivity contribution < 1.29 is 14.3 Å². The lowest BCUT2D eigenvalue weighted by atomic mass is 10.3. The maximum atomic E-state index is 11.9. The highest BCUT2D eigenvalue weighted by atomic mass is 32.2. The molecular formula is C15H18N4O3S2. The van der Waals surface area contributed by atoms with Gasteiger partial charge in [0.25, 0.3) is 0 Å². The fraction of sp³-hybridized carbons (Fsp3) is 0.333. The maximum absolute atomic E-state index is 11.9. The van der Waals surface area contributed by atoms with Gasteiger partial charge in [-0.2, -0.15) is 0 Å². The summed E-state index contributed by atoms with van der Waals surface area (Å²) in [4.78, 5) is 23.4. The molecule has 128 valence electrons. The summed E-state index contributed by atoms with van der Waals surface area (Å²) in [6.07, 6.45) is 1.23. The Balaban J connectivity index is 1.79. The molecule has 0 aliphatic heterocycles. The van der Waals surface area contributed by atoms with Gasteiger partial charge in [0.15, 0.2) is 4.34 Å². The van der Waals surface area contributed by atoms with Gasteiger partial charge in [-0.25, -0.2) is 0 Å². The van der Waals surface area contributed by atoms with E-state index in [-0.39, 0.29) is 17.6 Å². The Kier molecular flexibility index (Phi) is 7.01. The molecule has 0 saturated heterocycles. The van der Waals surface area contributed by atoms with E-state index >= 15 is 0 Å². The first-order chi connectivity index (χ1) is 11.6. The number of anilines is 2. The van der Waals surface area contributed by atoms with Gasteiger partial charge in [-0.05, 0) is 30.7 Å². The van der Waals surface area contributed by atoms with Gasteiger partial charge in [0.05, 0.1) is 12.9 Å². The number of carbonyl (C=O) groups excluding carboxylic acids is 2. The van der Waals surface area contributed by atoms with Gasteiger partial charge in [-0.1, -0.05) is 30.0 Å². The van der Waals surface area contributed by atoms with Crippen LogP contribution < -0.4 is 15.4 Å². The predicted octanol–water partition coefficient (Wildman–Crippen LogP) is 3.02. The van der Waals surface area contributed by atoms with Gasteiger partial charge >= 0.3 is 0 Å². The third kappa shape index (κ3) is 5.82. The minimum Gasteiger partial charge on any atom is -0.497 e. The smallest absolute Gasteiger partial charge is 0.234 e. The number of ether oxygens (including phenoxy) is 1. The lowest BCUT2D eigenvalue weighted by molar-refractivity contribution is -0.116. The van der Waals surface area contributed by atoms with Crippen LogP contribution in [0.5, 0.6) is 5.75 Å². The largest absolute Gasteiger partial charge is 0.497 e. The van der Waals surface area contributed by atoms with E-state index in [2.05, 4.69) is 20.8 Å². The van der Waals surface area contributed by atoms with Crippen molar-refractivity contribution >= 4 is 45.7 Å². The van der Waals surface area contributed by atoms with Crippen molar-refractivity contribution in [1.82, 2.24) is 10.2 Å². The molecule has 0 aliphatic rings. The van der Waals surface area contributed by atoms with Crippen molar-refractivity contribution in [2.24, 2.45) is 0 Å². The molecule has 24 heavy (non-hydrogen) atoms. The number of nitrogens with one attached hydrogen (secondary N) is 2. The number of amides is 2. The summed E-state index contributed by atoms with van der Waals surface area (Å²) >= 11 is 2.53. The van der Waals surface area contributed by atoms with E-state index in [0.717, 1.165) is 12.2 Å². The van der Waals surface area contributed by atoms with Crippen molar-refractivity contribution in [3.8, 4) is 5.75 Å². The molecule has 2 aromatic rings. The average molecular weight is 366 g/mol. The molecule has 2 rings (SSSR count). The number of benzene rings is 1. The molecule has 0 saturated carbocycles. The molecule has 7 nitrogen and oxygen atoms in total. The van der Waals surface area contributed by atoms with Crippen LogP contribution in [0.3, 0.4) is 0 Å². The van der Waals surface area contributed by atoms with Gasteiger partial charge in [0.1, 0.15) is 5.75 Å². The van der Waals surface area contributed by atoms with E-state index in [1.807, 2.05) is 6.92 Å². The molecular weight excluding hydrogens is 348 g/mol. The zero-order valence-electron chi connectivity index (χ0n) is 13.4. The van der Waals surface area contributed by atoms with Gasteiger partial charge < -0.3 is 15.4 Å². The summed E-state index contributed by atoms with van der Waals surface area (Å²) in [5.41, 5.74) is 0.700. The molecule has 0 fully saturated rings. The topological polar surface area (TPSA) is 93.2 Å². The summed E-state index contributed by atoms with van der Waals surface area (Å²) in [6.45, 7) is 1.93. The van der Waals surface area contributed by atoms with Gasteiger partial charge in [0, 0.05) is 12.1 Å². The highest BCUT2D eigenvalue weighted by Gasteiger charge is 2.10. The Morgan fingerprint density at radius 2 is 1.92 bits per heavy atom. The van der Waals surface area contributed by atoms with Crippen molar-refractivity contribution in [3.63, 3.8) is 0 Å². The second-order valence-electron chi connectivity index (χ2n) is 4.74. The number of nitrogens with zero attached hydrogens (tertiary/aromatic N) is 2. The Bertz CT molecular complexity index is 688. The Morgan fingerprint density at radius 3 is 2.58 bits per heavy atom. The third-order valence-corrected chi connectivity index (χ3v) is 4.80. The molecule has 0 spiro atoms. The lowest BCUT2D eigenvalue weighted by Crippen LogP contribution is -2.13. The SMILES string of the molecule is CCCC(=O)Nc1nnc(SCC(=O)Nc2ccc(OC)cc2)s1. The fourth-order valence-electron chi connectivity index (χ4n) is 1.73. The first-order valence-electron chi connectivity index (χ1n) is 7.30. The van der Waals surface area contributed by atoms with Crippen LogP contribution in [0.25, 0.3) is 0 Å². The summed E-state index contributed by atoms with van der Waals surface area (Å²) in [5, 5.41) is 13.8. The molecule has 2 amide bonds. The zero-order valence-corrected chi connectivity index (χ0v) is 15.0. The highest BCUT2D eigenvalue weighted by Crippen LogP contribution is 2.25. The van der Waals surface area contributed by atoms with Crippen LogP contribution in [0.1, 0.15) is 19.8 Å². The number of hydrogen-bond acceptors (Lipinski definition) is 7. The van der Waals surface area contributed by atoms with E-state index in [9.17, 15) is 9.59 Å². The van der Waals surface area contributed by atoms with Crippen molar-refractivity contribution in [2.45, 2.75) is 24.1 Å². The first kappa shape index (κ1) is 18.2. The number of methoxy groups -OCH3 is 1. The Labute approximate surface area is 148 Å². The van der Waals surface area contributed by atoms with Crippen LogP contribution in [0, 0.1) is 0 Å². The van der Waals surface area contributed by atoms with E-state index < -0.39 is 0 Å². The number of thioether (sulfide) groups is 1. The van der Waals surface area contributed by atoms with Gasteiger partial charge in [0.2, 0.25) is 16.9 Å². The van der Waals surface area contributed by atoms with Crippen LogP contribution in [0.4, 0.5) is 10.8 Å². The zero-order chi connectivity index (χ0) is 17.4. The second kappa shape index (κ2) is 9.24. The first-order valence-corrected chi connectivity index (χ1v) is 9.11. The Hall–Kier alpha value is -2.13. The molecule has 1 aromatic heterocycles. The van der Waals surface area contributed by atoms with E-state index in [0.29, 0.717) is 21.6 Å². The number of aromatic nitrogens is 2. The maximum Gasteiger partial charge on any atom is 0.234 e. The molecule has 1 aromatic carbocycles. The van der Waals surface area contributed by atoms with Crippen molar-refractivity contribution in [3.05, 3.63) is 24.3 Å². The number of hydrogen-bond donors (Lipinski definition) is 2. The quantitative estimate of drug-likeness (QED) is 0.551. The summed E-state index contributed by atoms with van der Waals surface area (Å²) in [6, 6.07) is 7.10. The van der Waals surface area contributed by atoms with E-state index in [1.54, 1.807) is 31.4 Å². The molecule has 0 unspecified atom stereocenters.